The summed E-state index contributed by atoms with van der Waals surface area (Å²) in [6.07, 6.45) is -5.66. The molecule has 0 amide bonds. The summed E-state index contributed by atoms with van der Waals surface area (Å²) in [6, 6.07) is 0. The number of hydrogen-bond donors (Lipinski definition) is 8. The summed E-state index contributed by atoms with van der Waals surface area (Å²) < 4.78 is 33.7. The minimum absolute atomic E-state index is 0.0297. The van der Waals surface area contributed by atoms with Crippen molar-refractivity contribution in [1.82, 2.24) is 39.0 Å². The highest BCUT2D eigenvalue weighted by Crippen LogP contribution is 2.63. The first-order valence-electron chi connectivity index (χ1n) is 12.1. The van der Waals surface area contributed by atoms with Crippen molar-refractivity contribution in [2.45, 2.75) is 48.6 Å². The fourth-order valence-electron chi connectivity index (χ4n) is 5.01. The molecule has 19 nitrogen and oxygen atoms in total. The number of nitrogens with two attached hydrogens (primary N) is 2. The van der Waals surface area contributed by atoms with Crippen molar-refractivity contribution in [3.8, 4) is 0 Å². The molecule has 0 saturated carbocycles. The quantitative estimate of drug-likeness (QED) is 0.0790. The van der Waals surface area contributed by atoms with Gasteiger partial charge in [0.05, 0.1) is 32.0 Å². The first-order valence-corrected chi connectivity index (χ1v) is 14.9. The second kappa shape index (κ2) is 10.3. The van der Waals surface area contributed by atoms with Gasteiger partial charge in [-0.1, -0.05) is 12.2 Å². The zero-order valence-electron chi connectivity index (χ0n) is 20.8. The number of aliphatic hydroxyl groups is 4. The number of ether oxygens (including phenoxy) is 2. The molecule has 2 aliphatic heterocycles. The minimum Gasteiger partial charge on any atom is -0.394 e. The second-order valence-corrected chi connectivity index (χ2v) is 13.1. The predicted molar refractivity (Wildman–Crippen MR) is 142 cm³/mol. The molecule has 0 radical (unpaired) electrons. The number of nitrogens with zero attached hydrogens (tertiary/aromatic N) is 7. The third-order valence-corrected chi connectivity index (χ3v) is 10.0. The summed E-state index contributed by atoms with van der Waals surface area (Å²) in [5, 5.41) is 42.1. The molecule has 6 heterocycles. The summed E-state index contributed by atoms with van der Waals surface area (Å²) in [5.41, 5.74) is 9.84. The van der Waals surface area contributed by atoms with E-state index in [-0.39, 0.29) is 34.1 Å². The van der Waals surface area contributed by atoms with Gasteiger partial charge in [-0.25, -0.2) is 19.9 Å². The Bertz CT molecular complexity index is 1720. The van der Waals surface area contributed by atoms with E-state index in [0.717, 1.165) is 0 Å². The molecule has 9 N–H and O–H groups in total. The highest BCUT2D eigenvalue weighted by Gasteiger charge is 2.54. The van der Waals surface area contributed by atoms with E-state index in [1.54, 1.807) is 0 Å². The maximum Gasteiger partial charge on any atom is 0.280 e. The van der Waals surface area contributed by atoms with Gasteiger partial charge in [0.25, 0.3) is 12.1 Å². The molecule has 21 heteroatoms. The maximum atomic E-state index is 13.9. The van der Waals surface area contributed by atoms with E-state index in [2.05, 4.69) is 42.2 Å². The molecule has 0 aliphatic carbocycles. The predicted octanol–water partition coefficient (Wildman–Crippen LogP) is -2.50. The molecule has 2 saturated heterocycles. The van der Waals surface area contributed by atoms with Crippen LogP contribution in [0.15, 0.2) is 23.8 Å². The van der Waals surface area contributed by atoms with Crippen LogP contribution in [-0.2, 0) is 18.6 Å². The smallest absolute Gasteiger partial charge is 0.280 e. The van der Waals surface area contributed by atoms with E-state index in [4.69, 9.17) is 25.5 Å². The maximum absolute atomic E-state index is 13.9. The number of imidazole rings is 2. The summed E-state index contributed by atoms with van der Waals surface area (Å²) >= 11 is 4.23. The lowest BCUT2D eigenvalue weighted by atomic mass is 10.1. The number of rotatable bonds is 7. The molecule has 6 rings (SSSR count). The molecule has 0 aromatic carbocycles. The van der Waals surface area contributed by atoms with Crippen LogP contribution in [0.3, 0.4) is 0 Å². The lowest BCUT2D eigenvalue weighted by Gasteiger charge is -2.27. The van der Waals surface area contributed by atoms with Gasteiger partial charge in [0, 0.05) is 0 Å². The fourth-order valence-corrected chi connectivity index (χ4v) is 7.61. The highest BCUT2D eigenvalue weighted by atomic mass is 32.7. The normalized spacial score (nSPS) is 31.7. The molecule has 9 atom stereocenters. The van der Waals surface area contributed by atoms with Crippen molar-refractivity contribution in [3.63, 3.8) is 0 Å². The number of aromatic nitrogens is 8. The molecule has 220 valence electrons. The van der Waals surface area contributed by atoms with E-state index < -0.39 is 74.0 Å². The molecule has 41 heavy (non-hydrogen) atoms. The number of aromatic amines is 1. The Morgan fingerprint density at radius 1 is 0.976 bits per heavy atom. The highest BCUT2D eigenvalue weighted by molar-refractivity contribution is 8.46. The standard InChI is InChI=1S/C20H25N10O9PS/c21-14-8-15(24-3-23-14)29(4-25-8)18-12(34)10(32)7(39-18)2-37-40(36,41)13-11(33)6(1-31)38-19(13)30-5-26-9-16(30)27-20(22)28-17(9)35/h3-7,10-13,18-19,31-34H,1-2H2,(H,36,41)(H2,21,23,24)(H3,22,27,28,35)/t6-,7-,10?,11-,12?,13-,18-,19-,40?/m1/s1. The minimum atomic E-state index is -4.18. The Balaban J connectivity index is 1.25. The zero-order chi connectivity index (χ0) is 29.2. The Hall–Kier alpha value is -3.20. The Morgan fingerprint density at radius 2 is 1.66 bits per heavy atom. The largest absolute Gasteiger partial charge is 0.394 e. The molecule has 4 aromatic rings. The SMILES string of the molecule is Nc1nc2c(ncn2[C@@H]2O[C@H](CO)[C@@H](O)[C@H]2P(=O)(S)OC[C@H]2O[C@@H](n3cnc4c(N)ncnc43)C(O)C2O)c(=O)[nH]1. The summed E-state index contributed by atoms with van der Waals surface area (Å²) in [4.78, 5) is 34.7. The Kier molecular flexibility index (Phi) is 6.99. The van der Waals surface area contributed by atoms with Crippen LogP contribution in [0.5, 0.6) is 0 Å². The number of hydrogen-bond acceptors (Lipinski definition) is 16. The molecule has 4 aromatic heterocycles. The van der Waals surface area contributed by atoms with Crippen molar-refractivity contribution >= 4 is 52.9 Å². The molecule has 0 spiro atoms. The number of nitrogens with one attached hydrogen (secondary N) is 1. The van der Waals surface area contributed by atoms with Crippen LogP contribution in [-0.4, -0.2) is 109 Å². The summed E-state index contributed by atoms with van der Waals surface area (Å²) in [6.45, 7) is -5.36. The molecule has 2 aliphatic rings. The lowest BCUT2D eigenvalue weighted by molar-refractivity contribution is -0.0476. The van der Waals surface area contributed by atoms with Gasteiger partial charge in [0.1, 0.15) is 41.9 Å². The number of thiol groups is 1. The van der Waals surface area contributed by atoms with Crippen LogP contribution in [0.25, 0.3) is 22.3 Å². The average Bonchev–Trinajstić information content (AvgIpc) is 3.68. The van der Waals surface area contributed by atoms with E-state index in [0.29, 0.717) is 0 Å². The van der Waals surface area contributed by atoms with Crippen LogP contribution >= 0.6 is 18.8 Å². The zero-order valence-corrected chi connectivity index (χ0v) is 22.6. The van der Waals surface area contributed by atoms with Crippen LogP contribution in [0.2, 0.25) is 0 Å². The molecular weight excluding hydrogens is 587 g/mol. The molecular formula is C20H25N10O9PS. The van der Waals surface area contributed by atoms with Gasteiger partial charge in [-0.05, 0) is 0 Å². The van der Waals surface area contributed by atoms with Crippen LogP contribution < -0.4 is 17.0 Å². The topological polar surface area (TPSA) is 285 Å². The van der Waals surface area contributed by atoms with Crippen molar-refractivity contribution in [1.29, 1.82) is 0 Å². The van der Waals surface area contributed by atoms with Gasteiger partial charge in [0.2, 0.25) is 5.95 Å². The first-order chi connectivity index (χ1) is 19.5. The fraction of sp³-hybridized carbons (Fsp3) is 0.500. The number of aliphatic hydroxyl groups excluding tert-OH is 4. The second-order valence-electron chi connectivity index (χ2n) is 9.49. The third kappa shape index (κ3) is 4.57. The third-order valence-electron chi connectivity index (χ3n) is 7.04. The Morgan fingerprint density at radius 3 is 2.39 bits per heavy atom. The lowest BCUT2D eigenvalue weighted by Crippen LogP contribution is -2.35. The van der Waals surface area contributed by atoms with E-state index >= 15 is 0 Å². The van der Waals surface area contributed by atoms with E-state index in [9.17, 15) is 29.8 Å². The summed E-state index contributed by atoms with van der Waals surface area (Å²) in [5.74, 6) is -0.109. The van der Waals surface area contributed by atoms with Crippen molar-refractivity contribution in [2.24, 2.45) is 0 Å². The molecule has 2 fully saturated rings. The molecule has 0 bridgehead atoms. The van der Waals surface area contributed by atoms with Gasteiger partial charge in [-0.15, -0.1) is 0 Å². The summed E-state index contributed by atoms with van der Waals surface area (Å²) in [7, 11) is 0. The van der Waals surface area contributed by atoms with Gasteiger partial charge in [-0.3, -0.25) is 23.5 Å². The number of fused-ring (bicyclic) bond motifs is 2. The van der Waals surface area contributed by atoms with Crippen LogP contribution in [0.1, 0.15) is 12.5 Å². The van der Waals surface area contributed by atoms with Crippen molar-refractivity contribution < 1.29 is 39.0 Å². The number of H-pyrrole nitrogens is 1. The number of anilines is 2. The van der Waals surface area contributed by atoms with Crippen molar-refractivity contribution in [2.75, 3.05) is 24.7 Å². The number of nitrogen functional groups attached to an aromatic ring is 2. The molecule has 3 unspecified atom stereocenters. The average molecular weight is 613 g/mol. The van der Waals surface area contributed by atoms with Crippen LogP contribution in [0, 0.1) is 0 Å². The first kappa shape index (κ1) is 27.9. The van der Waals surface area contributed by atoms with Crippen LogP contribution in [0.4, 0.5) is 11.8 Å². The monoisotopic (exact) mass is 612 g/mol. The van der Waals surface area contributed by atoms with Crippen molar-refractivity contribution in [3.05, 3.63) is 29.3 Å². The van der Waals surface area contributed by atoms with Gasteiger partial charge < -0.3 is 45.9 Å². The van der Waals surface area contributed by atoms with Gasteiger partial charge >= 0.3 is 0 Å². The Labute approximate surface area is 233 Å². The van der Waals surface area contributed by atoms with E-state index in [1.165, 1.54) is 28.1 Å². The van der Waals surface area contributed by atoms with E-state index in [1.807, 2.05) is 0 Å². The van der Waals surface area contributed by atoms with Gasteiger partial charge in [0.15, 0.2) is 35.1 Å². The van der Waals surface area contributed by atoms with Gasteiger partial charge in [-0.2, -0.15) is 4.98 Å².